The Morgan fingerprint density at radius 3 is 2.47 bits per heavy atom. The summed E-state index contributed by atoms with van der Waals surface area (Å²) in [6.45, 7) is 2.27. The van der Waals surface area contributed by atoms with Gasteiger partial charge in [-0.3, -0.25) is 0 Å². The summed E-state index contributed by atoms with van der Waals surface area (Å²) in [5.74, 6) is -1.85. The first-order chi connectivity index (χ1) is 8.88. The van der Waals surface area contributed by atoms with E-state index in [-0.39, 0.29) is 6.10 Å². The van der Waals surface area contributed by atoms with Crippen molar-refractivity contribution in [2.75, 3.05) is 6.61 Å². The van der Waals surface area contributed by atoms with Gasteiger partial charge in [-0.15, -0.1) is 0 Å². The maximum absolute atomic E-state index is 13.0. The average Bonchev–Trinajstić information content (AvgIpc) is 2.80. The smallest absolute Gasteiger partial charge is 0.241 e. The lowest BCUT2D eigenvalue weighted by Crippen LogP contribution is -2.40. The Morgan fingerprint density at radius 1 is 1.32 bits per heavy atom. The molecule has 1 aliphatic heterocycles. The molecule has 0 aromatic heterocycles. The van der Waals surface area contributed by atoms with E-state index in [2.05, 4.69) is 4.72 Å². The van der Waals surface area contributed by atoms with E-state index in [1.54, 1.807) is 6.92 Å². The van der Waals surface area contributed by atoms with Crippen LogP contribution in [0.4, 0.5) is 8.78 Å². The first kappa shape index (κ1) is 14.4. The SMILES string of the molecule is CC(NS(=O)(=O)c1cc(F)cc(F)c1)C1CCCO1. The molecule has 1 heterocycles. The van der Waals surface area contributed by atoms with Crippen LogP contribution in [-0.2, 0) is 14.8 Å². The predicted molar refractivity (Wildman–Crippen MR) is 65.1 cm³/mol. The molecule has 1 fully saturated rings. The van der Waals surface area contributed by atoms with E-state index in [0.717, 1.165) is 25.0 Å². The van der Waals surface area contributed by atoms with Crippen molar-refractivity contribution in [3.05, 3.63) is 29.8 Å². The molecule has 2 rings (SSSR count). The van der Waals surface area contributed by atoms with Crippen LogP contribution < -0.4 is 4.72 Å². The molecule has 0 saturated carbocycles. The van der Waals surface area contributed by atoms with E-state index in [4.69, 9.17) is 4.74 Å². The molecule has 0 bridgehead atoms. The minimum atomic E-state index is -3.95. The summed E-state index contributed by atoms with van der Waals surface area (Å²) in [6, 6.07) is 1.75. The molecule has 1 aromatic carbocycles. The third kappa shape index (κ3) is 3.49. The molecule has 0 radical (unpaired) electrons. The standard InChI is InChI=1S/C12H15F2NO3S/c1-8(12-3-2-4-18-12)15-19(16,17)11-6-9(13)5-10(14)7-11/h5-8,12,15H,2-4H2,1H3. The van der Waals surface area contributed by atoms with Crippen molar-refractivity contribution in [1.29, 1.82) is 0 Å². The molecule has 1 aromatic rings. The summed E-state index contributed by atoms with van der Waals surface area (Å²) in [6.07, 6.45) is 1.44. The molecule has 7 heteroatoms. The van der Waals surface area contributed by atoms with Crippen LogP contribution in [0, 0.1) is 11.6 Å². The molecule has 0 aliphatic carbocycles. The highest BCUT2D eigenvalue weighted by Gasteiger charge is 2.27. The molecular formula is C12H15F2NO3S. The van der Waals surface area contributed by atoms with Gasteiger partial charge in [0.25, 0.3) is 0 Å². The van der Waals surface area contributed by atoms with Gasteiger partial charge in [0.15, 0.2) is 0 Å². The quantitative estimate of drug-likeness (QED) is 0.920. The second-order valence-electron chi connectivity index (χ2n) is 4.57. The maximum atomic E-state index is 13.0. The van der Waals surface area contributed by atoms with Gasteiger partial charge in [0.05, 0.1) is 11.0 Å². The molecule has 2 unspecified atom stereocenters. The number of ether oxygens (including phenoxy) is 1. The van der Waals surface area contributed by atoms with E-state index in [1.165, 1.54) is 0 Å². The van der Waals surface area contributed by atoms with E-state index >= 15 is 0 Å². The van der Waals surface area contributed by atoms with E-state index in [1.807, 2.05) is 0 Å². The zero-order valence-electron chi connectivity index (χ0n) is 10.4. The summed E-state index contributed by atoms with van der Waals surface area (Å²) >= 11 is 0. The minimum absolute atomic E-state index is 0.201. The zero-order valence-corrected chi connectivity index (χ0v) is 11.2. The Hall–Kier alpha value is -1.05. The molecule has 0 amide bonds. The summed E-state index contributed by atoms with van der Waals surface area (Å²) in [7, 11) is -3.95. The fourth-order valence-corrected chi connectivity index (χ4v) is 3.38. The number of nitrogens with one attached hydrogen (secondary N) is 1. The third-order valence-corrected chi connectivity index (χ3v) is 4.55. The molecule has 1 N–H and O–H groups in total. The molecule has 1 aliphatic rings. The van der Waals surface area contributed by atoms with Gasteiger partial charge >= 0.3 is 0 Å². The lowest BCUT2D eigenvalue weighted by Gasteiger charge is -2.19. The maximum Gasteiger partial charge on any atom is 0.241 e. The lowest BCUT2D eigenvalue weighted by molar-refractivity contribution is 0.0902. The first-order valence-electron chi connectivity index (χ1n) is 5.98. The second-order valence-corrected chi connectivity index (χ2v) is 6.28. The number of halogens is 2. The van der Waals surface area contributed by atoms with Crippen LogP contribution in [0.1, 0.15) is 19.8 Å². The zero-order chi connectivity index (χ0) is 14.0. The lowest BCUT2D eigenvalue weighted by atomic mass is 10.1. The van der Waals surface area contributed by atoms with Crippen LogP contribution in [0.25, 0.3) is 0 Å². The van der Waals surface area contributed by atoms with Crippen molar-refractivity contribution in [2.45, 2.75) is 36.8 Å². The summed E-state index contributed by atoms with van der Waals surface area (Å²) in [5.41, 5.74) is 0. The van der Waals surface area contributed by atoms with Gasteiger partial charge in [0.1, 0.15) is 11.6 Å². The highest BCUT2D eigenvalue weighted by molar-refractivity contribution is 7.89. The van der Waals surface area contributed by atoms with Crippen molar-refractivity contribution < 1.29 is 21.9 Å². The Labute approximate surface area is 110 Å². The Bertz CT molecular complexity index is 536. The van der Waals surface area contributed by atoms with Gasteiger partial charge in [-0.05, 0) is 31.9 Å². The molecule has 0 spiro atoms. The van der Waals surface area contributed by atoms with Gasteiger partial charge in [-0.2, -0.15) is 0 Å². The average molecular weight is 291 g/mol. The van der Waals surface area contributed by atoms with Crippen molar-refractivity contribution >= 4 is 10.0 Å². The van der Waals surface area contributed by atoms with Crippen LogP contribution in [0.5, 0.6) is 0 Å². The van der Waals surface area contributed by atoms with Gasteiger partial charge in [-0.1, -0.05) is 0 Å². The fraction of sp³-hybridized carbons (Fsp3) is 0.500. The van der Waals surface area contributed by atoms with Gasteiger partial charge in [0, 0.05) is 18.7 Å². The third-order valence-electron chi connectivity index (χ3n) is 3.01. The number of hydrogen-bond donors (Lipinski definition) is 1. The number of rotatable bonds is 4. The predicted octanol–water partition coefficient (Wildman–Crippen LogP) is 1.81. The van der Waals surface area contributed by atoms with Crippen molar-refractivity contribution in [2.24, 2.45) is 0 Å². The first-order valence-corrected chi connectivity index (χ1v) is 7.47. The highest BCUT2D eigenvalue weighted by atomic mass is 32.2. The molecular weight excluding hydrogens is 276 g/mol. The van der Waals surface area contributed by atoms with Crippen molar-refractivity contribution in [3.8, 4) is 0 Å². The second kappa shape index (κ2) is 5.52. The van der Waals surface area contributed by atoms with Crippen LogP contribution >= 0.6 is 0 Å². The Morgan fingerprint density at radius 2 is 1.95 bits per heavy atom. The normalized spacial score (nSPS) is 21.5. The van der Waals surface area contributed by atoms with Crippen molar-refractivity contribution in [1.82, 2.24) is 4.72 Å². The van der Waals surface area contributed by atoms with Gasteiger partial charge in [0.2, 0.25) is 10.0 Å². The number of sulfonamides is 1. The molecule has 106 valence electrons. The van der Waals surface area contributed by atoms with E-state index in [0.29, 0.717) is 12.7 Å². The summed E-state index contributed by atoms with van der Waals surface area (Å²) < 4.78 is 57.8. The summed E-state index contributed by atoms with van der Waals surface area (Å²) in [4.78, 5) is -0.421. The van der Waals surface area contributed by atoms with Crippen LogP contribution in [0.3, 0.4) is 0 Å². The van der Waals surface area contributed by atoms with Crippen molar-refractivity contribution in [3.63, 3.8) is 0 Å². The minimum Gasteiger partial charge on any atom is -0.377 e. The number of hydrogen-bond acceptors (Lipinski definition) is 3. The Kier molecular flexibility index (Phi) is 4.17. The molecule has 19 heavy (non-hydrogen) atoms. The highest BCUT2D eigenvalue weighted by Crippen LogP contribution is 2.18. The van der Waals surface area contributed by atoms with E-state index in [9.17, 15) is 17.2 Å². The molecule has 2 atom stereocenters. The largest absolute Gasteiger partial charge is 0.377 e. The van der Waals surface area contributed by atoms with Gasteiger partial charge in [-0.25, -0.2) is 21.9 Å². The monoisotopic (exact) mass is 291 g/mol. The molecule has 4 nitrogen and oxygen atoms in total. The van der Waals surface area contributed by atoms with Crippen LogP contribution in [0.2, 0.25) is 0 Å². The van der Waals surface area contributed by atoms with Crippen LogP contribution in [0.15, 0.2) is 23.1 Å². The Balaban J connectivity index is 2.17. The number of benzene rings is 1. The van der Waals surface area contributed by atoms with Crippen LogP contribution in [-0.4, -0.2) is 27.2 Å². The topological polar surface area (TPSA) is 55.4 Å². The summed E-state index contributed by atoms with van der Waals surface area (Å²) in [5, 5.41) is 0. The molecule has 1 saturated heterocycles. The fourth-order valence-electron chi connectivity index (χ4n) is 2.07. The van der Waals surface area contributed by atoms with E-state index < -0.39 is 32.6 Å². The van der Waals surface area contributed by atoms with Gasteiger partial charge < -0.3 is 4.74 Å².